The summed E-state index contributed by atoms with van der Waals surface area (Å²) in [6, 6.07) is 14.1. The van der Waals surface area contributed by atoms with Crippen LogP contribution in [0.2, 0.25) is 5.02 Å². The van der Waals surface area contributed by atoms with Crippen molar-refractivity contribution in [3.8, 4) is 0 Å². The van der Waals surface area contributed by atoms with Gasteiger partial charge in [-0.1, -0.05) is 69.6 Å². The predicted molar refractivity (Wildman–Crippen MR) is 164 cm³/mol. The largest absolute Gasteiger partial charge is 0.416 e. The summed E-state index contributed by atoms with van der Waals surface area (Å²) in [6.45, 7) is 11.3. The molecule has 4 nitrogen and oxygen atoms in total. The van der Waals surface area contributed by atoms with Crippen LogP contribution in [0.1, 0.15) is 80.7 Å². The number of hydrogen-bond acceptors (Lipinski definition) is 2. The molecule has 3 aromatic rings. The van der Waals surface area contributed by atoms with Gasteiger partial charge in [0.2, 0.25) is 0 Å². The molecule has 1 aliphatic heterocycles. The lowest BCUT2D eigenvalue weighted by molar-refractivity contribution is -0.143. The Labute approximate surface area is 259 Å². The highest BCUT2D eigenvalue weighted by atomic mass is 35.5. The van der Waals surface area contributed by atoms with Crippen molar-refractivity contribution >= 4 is 34.6 Å². The van der Waals surface area contributed by atoms with Gasteiger partial charge in [0.25, 0.3) is 0 Å². The van der Waals surface area contributed by atoms with Crippen molar-refractivity contribution in [3.05, 3.63) is 93.5 Å². The first kappa shape index (κ1) is 33.4. The Morgan fingerprint density at radius 3 is 1.82 bits per heavy atom. The van der Waals surface area contributed by atoms with Crippen molar-refractivity contribution < 1.29 is 26.3 Å². The third-order valence-corrected chi connectivity index (χ3v) is 7.82. The number of aliphatic imine (C=N–C) groups is 2. The van der Waals surface area contributed by atoms with Crippen LogP contribution in [0.4, 0.5) is 37.7 Å². The molecule has 0 unspecified atom stereocenters. The van der Waals surface area contributed by atoms with E-state index in [0.717, 1.165) is 16.8 Å². The summed E-state index contributed by atoms with van der Waals surface area (Å²) >= 11 is 6.34. The standard InChI is InChI=1S/C33H35ClF6N4/c1-20(2)26-10-8-11-27(21(3)4)30(26)41-22(5)43-14-9-15-44(19-43)31(42-29-13-7-6-12-28(29)34)23-16-24(32(35,36)37)18-25(17-23)33(38,39)40/h6-8,10-13,16-18,20-21H,9,14-15,19H2,1-5H3. The number of nitrogens with zero attached hydrogens (tertiary/aromatic N) is 4. The normalized spacial score (nSPS) is 15.5. The van der Waals surface area contributed by atoms with E-state index in [-0.39, 0.29) is 46.7 Å². The van der Waals surface area contributed by atoms with E-state index in [1.165, 1.54) is 0 Å². The second kappa shape index (κ2) is 13.2. The first-order valence-corrected chi connectivity index (χ1v) is 14.7. The van der Waals surface area contributed by atoms with Gasteiger partial charge in [-0.3, -0.25) is 0 Å². The van der Waals surface area contributed by atoms with Crippen molar-refractivity contribution in [2.45, 2.75) is 65.2 Å². The predicted octanol–water partition coefficient (Wildman–Crippen LogP) is 10.4. The van der Waals surface area contributed by atoms with Crippen molar-refractivity contribution in [2.75, 3.05) is 19.8 Å². The zero-order valence-electron chi connectivity index (χ0n) is 25.2. The summed E-state index contributed by atoms with van der Waals surface area (Å²) in [7, 11) is 0. The molecule has 1 fully saturated rings. The molecule has 0 atom stereocenters. The maximum atomic E-state index is 13.8. The van der Waals surface area contributed by atoms with E-state index >= 15 is 0 Å². The first-order chi connectivity index (χ1) is 20.6. The van der Waals surface area contributed by atoms with Gasteiger partial charge in [0.15, 0.2) is 0 Å². The van der Waals surface area contributed by atoms with Crippen LogP contribution in [0, 0.1) is 0 Å². The molecule has 0 radical (unpaired) electrons. The van der Waals surface area contributed by atoms with Gasteiger partial charge in [-0.25, -0.2) is 9.98 Å². The average Bonchev–Trinajstić information content (AvgIpc) is 2.95. The van der Waals surface area contributed by atoms with Gasteiger partial charge in [-0.05, 0) is 66.6 Å². The Morgan fingerprint density at radius 1 is 0.750 bits per heavy atom. The van der Waals surface area contributed by atoms with E-state index in [1.807, 2.05) is 30.0 Å². The number of rotatable bonds is 5. The van der Waals surface area contributed by atoms with E-state index in [2.05, 4.69) is 32.7 Å². The molecule has 0 aromatic heterocycles. The molecule has 0 saturated carbocycles. The van der Waals surface area contributed by atoms with Crippen LogP contribution in [-0.2, 0) is 12.4 Å². The van der Waals surface area contributed by atoms with E-state index in [0.29, 0.717) is 37.5 Å². The van der Waals surface area contributed by atoms with E-state index in [1.54, 1.807) is 29.2 Å². The average molecular weight is 637 g/mol. The number of para-hydroxylation sites is 2. The van der Waals surface area contributed by atoms with Gasteiger partial charge in [0.05, 0.1) is 34.2 Å². The summed E-state index contributed by atoms with van der Waals surface area (Å²) in [5.74, 6) is 1.08. The fraction of sp³-hybridized carbons (Fsp3) is 0.394. The zero-order valence-corrected chi connectivity index (χ0v) is 25.9. The van der Waals surface area contributed by atoms with Crippen molar-refractivity contribution in [2.24, 2.45) is 9.98 Å². The summed E-state index contributed by atoms with van der Waals surface area (Å²) in [6.07, 6.45) is -9.43. The van der Waals surface area contributed by atoms with Crippen LogP contribution in [0.25, 0.3) is 0 Å². The van der Waals surface area contributed by atoms with Gasteiger partial charge in [-0.15, -0.1) is 0 Å². The molecular formula is C33H35ClF6N4. The number of hydrogen-bond donors (Lipinski definition) is 0. The second-order valence-electron chi connectivity index (χ2n) is 11.5. The summed E-state index contributed by atoms with van der Waals surface area (Å²) < 4.78 is 82.9. The molecule has 1 saturated heterocycles. The van der Waals surface area contributed by atoms with Crippen molar-refractivity contribution in [3.63, 3.8) is 0 Å². The molecule has 44 heavy (non-hydrogen) atoms. The van der Waals surface area contributed by atoms with Crippen LogP contribution in [0.5, 0.6) is 0 Å². The van der Waals surface area contributed by atoms with Crippen LogP contribution in [0.3, 0.4) is 0 Å². The maximum Gasteiger partial charge on any atom is 0.416 e. The number of halogens is 7. The number of amidine groups is 2. The van der Waals surface area contributed by atoms with Gasteiger partial charge in [0, 0.05) is 18.7 Å². The molecule has 0 bridgehead atoms. The Kier molecular flexibility index (Phi) is 10.0. The molecule has 0 aliphatic carbocycles. The third-order valence-electron chi connectivity index (χ3n) is 7.50. The van der Waals surface area contributed by atoms with Gasteiger partial charge in [-0.2, -0.15) is 26.3 Å². The minimum absolute atomic E-state index is 0.0438. The summed E-state index contributed by atoms with van der Waals surface area (Å²) in [5, 5.41) is 0.214. The molecule has 3 aromatic carbocycles. The summed E-state index contributed by atoms with van der Waals surface area (Å²) in [5.41, 5.74) is 0.160. The van der Waals surface area contributed by atoms with E-state index in [4.69, 9.17) is 16.6 Å². The van der Waals surface area contributed by atoms with Gasteiger partial charge < -0.3 is 9.80 Å². The Morgan fingerprint density at radius 2 is 1.30 bits per heavy atom. The molecule has 4 rings (SSSR count). The smallest absolute Gasteiger partial charge is 0.342 e. The quantitative estimate of drug-likeness (QED) is 0.158. The molecule has 0 N–H and O–H groups in total. The number of benzene rings is 3. The third kappa shape index (κ3) is 7.75. The molecule has 11 heteroatoms. The molecule has 0 amide bonds. The fourth-order valence-electron chi connectivity index (χ4n) is 5.17. The Balaban J connectivity index is 1.83. The molecular weight excluding hydrogens is 602 g/mol. The lowest BCUT2D eigenvalue weighted by Crippen LogP contribution is -2.49. The maximum absolute atomic E-state index is 13.8. The lowest BCUT2D eigenvalue weighted by atomic mass is 9.93. The van der Waals surface area contributed by atoms with Gasteiger partial charge >= 0.3 is 12.4 Å². The zero-order chi connectivity index (χ0) is 32.4. The molecule has 1 aliphatic rings. The Hall–Kier alpha value is -3.53. The van der Waals surface area contributed by atoms with Crippen LogP contribution in [0.15, 0.2) is 70.6 Å². The highest BCUT2D eigenvalue weighted by Gasteiger charge is 2.38. The monoisotopic (exact) mass is 636 g/mol. The molecule has 236 valence electrons. The van der Waals surface area contributed by atoms with Crippen LogP contribution < -0.4 is 0 Å². The second-order valence-corrected chi connectivity index (χ2v) is 11.9. The van der Waals surface area contributed by atoms with Crippen molar-refractivity contribution in [1.82, 2.24) is 9.80 Å². The molecule has 1 heterocycles. The lowest BCUT2D eigenvalue weighted by Gasteiger charge is -2.39. The Bertz CT molecular complexity index is 1480. The topological polar surface area (TPSA) is 31.2 Å². The van der Waals surface area contributed by atoms with Gasteiger partial charge in [0.1, 0.15) is 11.7 Å². The number of alkyl halides is 6. The first-order valence-electron chi connectivity index (χ1n) is 14.4. The molecule has 0 spiro atoms. The SMILES string of the molecule is CC(=Nc1c(C(C)C)cccc1C(C)C)N1CCCN(C(=Nc2ccccc2Cl)c2cc(C(F)(F)F)cc(C(F)(F)F)c2)C1. The minimum atomic E-state index is -5.00. The van der Waals surface area contributed by atoms with Crippen LogP contribution >= 0.6 is 11.6 Å². The van der Waals surface area contributed by atoms with Crippen molar-refractivity contribution in [1.29, 1.82) is 0 Å². The highest BCUT2D eigenvalue weighted by molar-refractivity contribution is 6.33. The fourth-order valence-corrected chi connectivity index (χ4v) is 5.35. The highest BCUT2D eigenvalue weighted by Crippen LogP contribution is 2.38. The minimum Gasteiger partial charge on any atom is -0.342 e. The van der Waals surface area contributed by atoms with E-state index < -0.39 is 23.5 Å². The summed E-state index contributed by atoms with van der Waals surface area (Å²) in [4.78, 5) is 13.2. The van der Waals surface area contributed by atoms with Crippen LogP contribution in [-0.4, -0.2) is 41.2 Å². The van der Waals surface area contributed by atoms with E-state index in [9.17, 15) is 26.3 Å².